The van der Waals surface area contributed by atoms with E-state index in [1.165, 1.54) is 17.4 Å². The van der Waals surface area contributed by atoms with Gasteiger partial charge in [-0.3, -0.25) is 4.98 Å². The summed E-state index contributed by atoms with van der Waals surface area (Å²) < 4.78 is 14.2. The lowest BCUT2D eigenvalue weighted by Gasteiger charge is -2.41. The van der Waals surface area contributed by atoms with Crippen LogP contribution in [0, 0.1) is 17.1 Å². The quantitative estimate of drug-likeness (QED) is 0.647. The van der Waals surface area contributed by atoms with Crippen LogP contribution in [0.5, 0.6) is 0 Å². The minimum atomic E-state index is -0.581. The van der Waals surface area contributed by atoms with Crippen molar-refractivity contribution in [1.29, 1.82) is 5.26 Å². The molecule has 0 aromatic carbocycles. The summed E-state index contributed by atoms with van der Waals surface area (Å²) in [6.45, 7) is 4.29. The van der Waals surface area contributed by atoms with Gasteiger partial charge in [0, 0.05) is 29.2 Å². The highest BCUT2D eigenvalue weighted by Crippen LogP contribution is 2.43. The molecular weight excluding hydrogens is 387 g/mol. The van der Waals surface area contributed by atoms with Crippen LogP contribution in [0.3, 0.4) is 0 Å². The summed E-state index contributed by atoms with van der Waals surface area (Å²) >= 11 is 1.45. The third-order valence-corrected chi connectivity index (χ3v) is 6.81. The molecule has 0 bridgehead atoms. The molecule has 1 saturated carbocycles. The van der Waals surface area contributed by atoms with Crippen molar-refractivity contribution in [3.8, 4) is 16.8 Å². The van der Waals surface area contributed by atoms with E-state index in [-0.39, 0.29) is 11.2 Å². The Labute approximate surface area is 172 Å². The highest BCUT2D eigenvalue weighted by molar-refractivity contribution is 7.15. The molecule has 29 heavy (non-hydrogen) atoms. The molecule has 0 unspecified atom stereocenters. The van der Waals surface area contributed by atoms with Crippen molar-refractivity contribution in [1.82, 2.24) is 20.2 Å². The molecule has 0 atom stereocenters. The Bertz CT molecular complexity index is 1050. The summed E-state index contributed by atoms with van der Waals surface area (Å²) in [5.74, 6) is 0.376. The SMILES string of the molecule is CC(C)(C#N)c1cnc(-c2ccc(NCC3(c4ncccc4F)CCC3)nn2)s1. The van der Waals surface area contributed by atoms with Crippen LogP contribution in [0.25, 0.3) is 10.7 Å². The number of pyridine rings is 1. The van der Waals surface area contributed by atoms with E-state index in [4.69, 9.17) is 0 Å². The maximum Gasteiger partial charge on any atom is 0.148 e. The Morgan fingerprint density at radius 2 is 2.07 bits per heavy atom. The number of halogens is 1. The molecule has 3 aromatic rings. The van der Waals surface area contributed by atoms with Gasteiger partial charge >= 0.3 is 0 Å². The largest absolute Gasteiger partial charge is 0.368 e. The molecule has 0 aliphatic heterocycles. The molecular formula is C21H21FN6S. The summed E-state index contributed by atoms with van der Waals surface area (Å²) in [4.78, 5) is 9.56. The fourth-order valence-electron chi connectivity index (χ4n) is 3.41. The van der Waals surface area contributed by atoms with Gasteiger partial charge in [0.1, 0.15) is 22.3 Å². The van der Waals surface area contributed by atoms with Crippen molar-refractivity contribution in [3.05, 3.63) is 53.0 Å². The molecule has 148 valence electrons. The van der Waals surface area contributed by atoms with E-state index >= 15 is 0 Å². The number of nitrogens with zero attached hydrogens (tertiary/aromatic N) is 5. The fraction of sp³-hybridized carbons (Fsp3) is 0.381. The molecule has 1 N–H and O–H groups in total. The number of hydrogen-bond donors (Lipinski definition) is 1. The van der Waals surface area contributed by atoms with Crippen LogP contribution in [0.1, 0.15) is 43.7 Å². The van der Waals surface area contributed by atoms with Crippen LogP contribution in [-0.4, -0.2) is 26.7 Å². The Balaban J connectivity index is 1.47. The Morgan fingerprint density at radius 3 is 2.69 bits per heavy atom. The number of nitriles is 1. The first kappa shape index (κ1) is 19.4. The van der Waals surface area contributed by atoms with E-state index in [0.717, 1.165) is 29.1 Å². The van der Waals surface area contributed by atoms with E-state index in [1.807, 2.05) is 26.0 Å². The number of thiazole rings is 1. The molecule has 4 rings (SSSR count). The number of anilines is 1. The molecule has 1 aliphatic rings. The van der Waals surface area contributed by atoms with Crippen LogP contribution < -0.4 is 5.32 Å². The van der Waals surface area contributed by atoms with Gasteiger partial charge in [-0.25, -0.2) is 9.37 Å². The molecule has 3 heterocycles. The van der Waals surface area contributed by atoms with Gasteiger partial charge in [0.2, 0.25) is 0 Å². The Morgan fingerprint density at radius 1 is 1.24 bits per heavy atom. The maximum absolute atomic E-state index is 14.2. The molecule has 3 aromatic heterocycles. The van der Waals surface area contributed by atoms with Crippen LogP contribution in [-0.2, 0) is 10.8 Å². The van der Waals surface area contributed by atoms with Gasteiger partial charge in [-0.2, -0.15) is 5.26 Å². The van der Waals surface area contributed by atoms with E-state index < -0.39 is 5.41 Å². The van der Waals surface area contributed by atoms with E-state index in [9.17, 15) is 9.65 Å². The topological polar surface area (TPSA) is 87.4 Å². The van der Waals surface area contributed by atoms with Gasteiger partial charge in [0.25, 0.3) is 0 Å². The summed E-state index contributed by atoms with van der Waals surface area (Å²) in [5, 5.41) is 21.8. The van der Waals surface area contributed by atoms with Crippen LogP contribution in [0.15, 0.2) is 36.7 Å². The second-order valence-electron chi connectivity index (χ2n) is 7.89. The summed E-state index contributed by atoms with van der Waals surface area (Å²) in [7, 11) is 0. The van der Waals surface area contributed by atoms with Crippen molar-refractivity contribution < 1.29 is 4.39 Å². The minimum absolute atomic E-state index is 0.254. The Hall–Kier alpha value is -2.92. The number of aromatic nitrogens is 4. The third-order valence-electron chi connectivity index (χ3n) is 5.46. The van der Waals surface area contributed by atoms with E-state index in [0.29, 0.717) is 23.8 Å². The number of rotatable bonds is 6. The van der Waals surface area contributed by atoms with Gasteiger partial charge in [-0.15, -0.1) is 21.5 Å². The highest BCUT2D eigenvalue weighted by Gasteiger charge is 2.41. The first-order chi connectivity index (χ1) is 13.9. The van der Waals surface area contributed by atoms with Crippen molar-refractivity contribution in [3.63, 3.8) is 0 Å². The first-order valence-electron chi connectivity index (χ1n) is 9.50. The lowest BCUT2D eigenvalue weighted by atomic mass is 9.66. The van der Waals surface area contributed by atoms with Crippen LogP contribution in [0.4, 0.5) is 10.2 Å². The smallest absolute Gasteiger partial charge is 0.148 e. The molecule has 0 amide bonds. The van der Waals surface area contributed by atoms with Crippen molar-refractivity contribution in [2.75, 3.05) is 11.9 Å². The summed E-state index contributed by atoms with van der Waals surface area (Å²) in [6, 6.07) is 9.06. The molecule has 8 heteroatoms. The zero-order chi connectivity index (χ0) is 20.5. The zero-order valence-corrected chi connectivity index (χ0v) is 17.1. The second kappa shape index (κ2) is 7.48. The zero-order valence-electron chi connectivity index (χ0n) is 16.3. The molecule has 0 spiro atoms. The van der Waals surface area contributed by atoms with Crippen molar-refractivity contribution in [2.45, 2.75) is 43.9 Å². The molecule has 1 aliphatic carbocycles. The van der Waals surface area contributed by atoms with Crippen LogP contribution >= 0.6 is 11.3 Å². The van der Waals surface area contributed by atoms with Gasteiger partial charge in [0.05, 0.1) is 17.2 Å². The number of nitrogens with one attached hydrogen (secondary N) is 1. The Kier molecular flexibility index (Phi) is 5.01. The molecule has 0 saturated heterocycles. The lowest BCUT2D eigenvalue weighted by Crippen LogP contribution is -2.42. The van der Waals surface area contributed by atoms with Gasteiger partial charge < -0.3 is 5.32 Å². The average molecular weight is 409 g/mol. The third kappa shape index (κ3) is 3.70. The summed E-state index contributed by atoms with van der Waals surface area (Å²) in [5.41, 5.74) is 0.315. The fourth-order valence-corrected chi connectivity index (χ4v) is 4.35. The minimum Gasteiger partial charge on any atom is -0.368 e. The number of hydrogen-bond acceptors (Lipinski definition) is 7. The summed E-state index contributed by atoms with van der Waals surface area (Å²) in [6.07, 6.45) is 6.22. The van der Waals surface area contributed by atoms with Gasteiger partial charge in [-0.1, -0.05) is 6.42 Å². The second-order valence-corrected chi connectivity index (χ2v) is 8.92. The van der Waals surface area contributed by atoms with Gasteiger partial charge in [-0.05, 0) is 51.0 Å². The van der Waals surface area contributed by atoms with E-state index in [1.54, 1.807) is 18.5 Å². The first-order valence-corrected chi connectivity index (χ1v) is 10.3. The van der Waals surface area contributed by atoms with E-state index in [2.05, 4.69) is 31.6 Å². The monoisotopic (exact) mass is 408 g/mol. The standard InChI is InChI=1S/C21H21FN6S/c1-20(2,12-23)16-11-25-19(29-16)15-6-7-17(28-27-15)26-13-21(8-4-9-21)18-14(22)5-3-10-24-18/h3,5-7,10-11H,4,8-9,13H2,1-2H3,(H,26,28). The van der Waals surface area contributed by atoms with Gasteiger partial charge in [0.15, 0.2) is 0 Å². The van der Waals surface area contributed by atoms with Crippen LogP contribution in [0.2, 0.25) is 0 Å². The van der Waals surface area contributed by atoms with Crippen molar-refractivity contribution in [2.24, 2.45) is 0 Å². The molecule has 6 nitrogen and oxygen atoms in total. The normalized spacial score (nSPS) is 15.4. The predicted molar refractivity (Wildman–Crippen MR) is 110 cm³/mol. The van der Waals surface area contributed by atoms with Crippen molar-refractivity contribution >= 4 is 17.2 Å². The predicted octanol–water partition coefficient (Wildman–Crippen LogP) is 4.47. The maximum atomic E-state index is 14.2. The lowest BCUT2D eigenvalue weighted by molar-refractivity contribution is 0.243. The molecule has 0 radical (unpaired) electrons. The highest BCUT2D eigenvalue weighted by atomic mass is 32.1. The average Bonchev–Trinajstić information content (AvgIpc) is 3.20. The molecule has 1 fully saturated rings.